The van der Waals surface area contributed by atoms with E-state index in [-0.39, 0.29) is 12.3 Å². The highest BCUT2D eigenvalue weighted by atomic mass is 35.5. The van der Waals surface area contributed by atoms with Crippen LogP contribution in [0, 0.1) is 13.8 Å². The largest absolute Gasteiger partial charge is 0.454 e. The van der Waals surface area contributed by atoms with Gasteiger partial charge < -0.3 is 15.0 Å². The first-order valence-electron chi connectivity index (χ1n) is 11.2. The molecule has 2 aromatic rings. The van der Waals surface area contributed by atoms with Crippen molar-refractivity contribution in [2.45, 2.75) is 45.1 Å². The van der Waals surface area contributed by atoms with Crippen molar-refractivity contribution in [3.05, 3.63) is 69.7 Å². The Bertz CT molecular complexity index is 1120. The summed E-state index contributed by atoms with van der Waals surface area (Å²) in [6.45, 7) is 2.92. The Hall–Kier alpha value is -3.19. The maximum Gasteiger partial charge on any atom is 0.325 e. The third kappa shape index (κ3) is 5.30. The number of nitrogens with one attached hydrogen (secondary N) is 1. The zero-order chi connectivity index (χ0) is 24.9. The first-order chi connectivity index (χ1) is 16.2. The lowest BCUT2D eigenvalue weighted by atomic mass is 9.74. The quantitative estimate of drug-likeness (QED) is 0.604. The average Bonchev–Trinajstić information content (AvgIpc) is 2.83. The van der Waals surface area contributed by atoms with Crippen molar-refractivity contribution >= 4 is 35.2 Å². The number of likely N-dealkylation sites (N-methyl/N-ethyl adjacent to an activating group) is 1. The second-order valence-corrected chi connectivity index (χ2v) is 8.97. The lowest BCUT2D eigenvalue weighted by Crippen LogP contribution is -2.55. The van der Waals surface area contributed by atoms with Crippen LogP contribution >= 0.6 is 11.6 Å². The van der Waals surface area contributed by atoms with Gasteiger partial charge in [-0.25, -0.2) is 0 Å². The summed E-state index contributed by atoms with van der Waals surface area (Å²) in [5.41, 5.74) is 1.84. The van der Waals surface area contributed by atoms with E-state index in [1.807, 2.05) is 19.9 Å². The minimum Gasteiger partial charge on any atom is -0.454 e. The zero-order valence-electron chi connectivity index (χ0n) is 19.7. The fraction of sp³-hybridized carbons (Fsp3) is 0.385. The minimum atomic E-state index is -1.20. The van der Waals surface area contributed by atoms with Gasteiger partial charge in [0.25, 0.3) is 11.8 Å². The highest BCUT2D eigenvalue weighted by Crippen LogP contribution is 2.42. The van der Waals surface area contributed by atoms with Crippen LogP contribution in [-0.4, -0.2) is 48.7 Å². The van der Waals surface area contributed by atoms with Crippen LogP contribution in [0.3, 0.4) is 0 Å². The molecule has 2 amide bonds. The van der Waals surface area contributed by atoms with E-state index >= 15 is 0 Å². The molecule has 180 valence electrons. The van der Waals surface area contributed by atoms with Gasteiger partial charge in [0.2, 0.25) is 0 Å². The number of aryl methyl sites for hydroxylation is 2. The molecule has 0 aromatic heterocycles. The van der Waals surface area contributed by atoms with Gasteiger partial charge >= 0.3 is 5.97 Å². The van der Waals surface area contributed by atoms with Gasteiger partial charge in [-0.2, -0.15) is 0 Å². The Morgan fingerprint density at radius 3 is 2.50 bits per heavy atom. The van der Waals surface area contributed by atoms with Crippen LogP contribution in [0.4, 0.5) is 0 Å². The maximum absolute atomic E-state index is 13.1. The number of ether oxygens (including phenoxy) is 1. The number of esters is 1. The van der Waals surface area contributed by atoms with Crippen molar-refractivity contribution in [3.8, 4) is 0 Å². The molecule has 8 heteroatoms. The molecule has 1 fully saturated rings. The number of hydrogen-bond donors (Lipinski definition) is 1. The number of ketones is 1. The van der Waals surface area contributed by atoms with Gasteiger partial charge in [0.15, 0.2) is 12.4 Å². The van der Waals surface area contributed by atoms with Crippen molar-refractivity contribution in [1.29, 1.82) is 0 Å². The predicted molar refractivity (Wildman–Crippen MR) is 129 cm³/mol. The van der Waals surface area contributed by atoms with Gasteiger partial charge in [-0.3, -0.25) is 19.2 Å². The Balaban J connectivity index is 1.63. The Morgan fingerprint density at radius 1 is 1.09 bits per heavy atom. The van der Waals surface area contributed by atoms with E-state index in [9.17, 15) is 19.2 Å². The molecule has 2 aromatic carbocycles. The van der Waals surface area contributed by atoms with Crippen molar-refractivity contribution in [1.82, 2.24) is 10.2 Å². The van der Waals surface area contributed by atoms with E-state index in [1.54, 1.807) is 36.4 Å². The first kappa shape index (κ1) is 25.4. The Labute approximate surface area is 204 Å². The summed E-state index contributed by atoms with van der Waals surface area (Å²) in [5.74, 6) is -1.77. The molecule has 7 nitrogen and oxygen atoms in total. The molecular weight excluding hydrogens is 456 g/mol. The third-order valence-corrected chi connectivity index (χ3v) is 6.77. The molecule has 1 unspecified atom stereocenters. The molecular formula is C26H29ClN2O5. The number of halogens is 1. The summed E-state index contributed by atoms with van der Waals surface area (Å²) in [5, 5.41) is 2.91. The van der Waals surface area contributed by atoms with Crippen LogP contribution in [0.5, 0.6) is 0 Å². The number of carbonyl (C=O) groups is 4. The SMILES string of the molecule is Cc1ccc(C(=O)NCC(=O)OCC(=O)N(C)C2(c3ccccc3Cl)CCCCC2=O)cc1C. The standard InChI is InChI=1S/C26H29ClN2O5/c1-17-11-12-19(14-18(17)2)25(33)28-15-24(32)34-16-23(31)29(3)26(13-7-6-10-22(26)30)20-8-4-5-9-21(20)27/h4-5,8-9,11-12,14H,6-7,10,13,15-16H2,1-3H3,(H,28,33). The van der Waals surface area contributed by atoms with Crippen molar-refractivity contribution in [2.24, 2.45) is 0 Å². The van der Waals surface area contributed by atoms with E-state index < -0.39 is 29.9 Å². The van der Waals surface area contributed by atoms with E-state index in [0.29, 0.717) is 29.0 Å². The zero-order valence-corrected chi connectivity index (χ0v) is 20.4. The number of benzene rings is 2. The molecule has 1 N–H and O–H groups in total. The fourth-order valence-electron chi connectivity index (χ4n) is 4.27. The van der Waals surface area contributed by atoms with Crippen molar-refractivity contribution in [2.75, 3.05) is 20.2 Å². The van der Waals surface area contributed by atoms with E-state index in [0.717, 1.165) is 24.0 Å². The maximum atomic E-state index is 13.1. The summed E-state index contributed by atoms with van der Waals surface area (Å²) >= 11 is 6.41. The first-order valence-corrected chi connectivity index (χ1v) is 11.6. The molecule has 0 saturated heterocycles. The summed E-state index contributed by atoms with van der Waals surface area (Å²) < 4.78 is 5.10. The van der Waals surface area contributed by atoms with E-state index in [2.05, 4.69) is 5.32 Å². The molecule has 0 aliphatic heterocycles. The van der Waals surface area contributed by atoms with Gasteiger partial charge in [-0.1, -0.05) is 35.9 Å². The predicted octanol–water partition coefficient (Wildman–Crippen LogP) is 3.73. The highest BCUT2D eigenvalue weighted by Gasteiger charge is 2.48. The number of nitrogens with zero attached hydrogens (tertiary/aromatic N) is 1. The lowest BCUT2D eigenvalue weighted by Gasteiger charge is -2.43. The lowest BCUT2D eigenvalue weighted by molar-refractivity contribution is -0.157. The van der Waals surface area contributed by atoms with Crippen LogP contribution < -0.4 is 5.32 Å². The molecule has 0 heterocycles. The van der Waals surface area contributed by atoms with Crippen LogP contribution in [0.25, 0.3) is 0 Å². The van der Waals surface area contributed by atoms with Gasteiger partial charge in [0.1, 0.15) is 12.1 Å². The Kier molecular flexibility index (Phi) is 8.10. The van der Waals surface area contributed by atoms with Crippen LogP contribution in [0.15, 0.2) is 42.5 Å². The number of amides is 2. The van der Waals surface area contributed by atoms with E-state index in [1.165, 1.54) is 11.9 Å². The van der Waals surface area contributed by atoms with Crippen molar-refractivity contribution < 1.29 is 23.9 Å². The molecule has 1 saturated carbocycles. The molecule has 0 bridgehead atoms. The summed E-state index contributed by atoms with van der Waals surface area (Å²) in [6, 6.07) is 12.2. The topological polar surface area (TPSA) is 92.8 Å². The number of rotatable bonds is 7. The smallest absolute Gasteiger partial charge is 0.325 e. The normalized spacial score (nSPS) is 17.7. The fourth-order valence-corrected chi connectivity index (χ4v) is 4.56. The molecule has 1 atom stereocenters. The number of carbonyl (C=O) groups excluding carboxylic acids is 4. The van der Waals surface area contributed by atoms with Gasteiger partial charge in [-0.05, 0) is 62.4 Å². The second-order valence-electron chi connectivity index (χ2n) is 8.57. The molecule has 0 radical (unpaired) electrons. The minimum absolute atomic E-state index is 0.0883. The molecule has 34 heavy (non-hydrogen) atoms. The molecule has 1 aliphatic rings. The van der Waals surface area contributed by atoms with Crippen LogP contribution in [0.1, 0.15) is 52.7 Å². The van der Waals surface area contributed by atoms with Crippen LogP contribution in [-0.2, 0) is 24.7 Å². The molecule has 0 spiro atoms. The van der Waals surface area contributed by atoms with Crippen molar-refractivity contribution in [3.63, 3.8) is 0 Å². The monoisotopic (exact) mass is 484 g/mol. The summed E-state index contributed by atoms with van der Waals surface area (Å²) in [6.07, 6.45) is 2.30. The van der Waals surface area contributed by atoms with Gasteiger partial charge in [0, 0.05) is 29.6 Å². The summed E-state index contributed by atoms with van der Waals surface area (Å²) in [7, 11) is 1.53. The number of hydrogen-bond acceptors (Lipinski definition) is 5. The molecule has 3 rings (SSSR count). The van der Waals surface area contributed by atoms with Gasteiger partial charge in [0.05, 0.1) is 0 Å². The molecule has 1 aliphatic carbocycles. The second kappa shape index (κ2) is 10.8. The highest BCUT2D eigenvalue weighted by molar-refractivity contribution is 6.31. The van der Waals surface area contributed by atoms with Gasteiger partial charge in [-0.15, -0.1) is 0 Å². The van der Waals surface area contributed by atoms with Crippen LogP contribution in [0.2, 0.25) is 5.02 Å². The Morgan fingerprint density at radius 2 is 1.82 bits per heavy atom. The average molecular weight is 485 g/mol. The third-order valence-electron chi connectivity index (χ3n) is 6.44. The number of Topliss-reactive ketones (excluding diaryl/α,β-unsaturated/α-hetero) is 1. The van der Waals surface area contributed by atoms with E-state index in [4.69, 9.17) is 16.3 Å². The summed E-state index contributed by atoms with van der Waals surface area (Å²) in [4.78, 5) is 51.9.